The van der Waals surface area contributed by atoms with E-state index < -0.39 is 11.8 Å². The molecule has 0 aliphatic heterocycles. The predicted octanol–water partition coefficient (Wildman–Crippen LogP) is 2.18. The Hall–Kier alpha value is -3.28. The minimum Gasteiger partial charge on any atom is -0.497 e. The van der Waals surface area contributed by atoms with Gasteiger partial charge in [0, 0.05) is 12.1 Å². The van der Waals surface area contributed by atoms with Crippen molar-refractivity contribution in [3.8, 4) is 11.5 Å². The van der Waals surface area contributed by atoms with Gasteiger partial charge in [-0.05, 0) is 23.8 Å². The number of rotatable bonds is 5. The van der Waals surface area contributed by atoms with Gasteiger partial charge >= 0.3 is 0 Å². The molecule has 0 atom stereocenters. The summed E-state index contributed by atoms with van der Waals surface area (Å²) in [5.41, 5.74) is 5.82. The number of amides is 2. The average Bonchev–Trinajstić information content (AvgIpc) is 2.64. The van der Waals surface area contributed by atoms with E-state index in [1.807, 2.05) is 30.3 Å². The molecule has 2 aromatic rings. The largest absolute Gasteiger partial charge is 0.497 e. The van der Waals surface area contributed by atoms with Crippen LogP contribution >= 0.6 is 0 Å². The summed E-state index contributed by atoms with van der Waals surface area (Å²) in [6.07, 6.45) is 2.98. The van der Waals surface area contributed by atoms with Crippen LogP contribution in [0.4, 0.5) is 0 Å². The van der Waals surface area contributed by atoms with Gasteiger partial charge in [-0.25, -0.2) is 0 Å². The van der Waals surface area contributed by atoms with Crippen LogP contribution in [0.3, 0.4) is 0 Å². The van der Waals surface area contributed by atoms with Gasteiger partial charge in [0.1, 0.15) is 11.5 Å². The molecule has 0 heterocycles. The smallest absolute Gasteiger partial charge is 0.273 e. The van der Waals surface area contributed by atoms with Crippen LogP contribution in [0.2, 0.25) is 0 Å². The Kier molecular flexibility index (Phi) is 5.96. The number of methoxy groups -OCH3 is 2. The molecule has 0 aliphatic carbocycles. The number of carbonyl (C=O) groups is 2. The van der Waals surface area contributed by atoms with Crippen molar-refractivity contribution in [2.75, 3.05) is 14.2 Å². The Morgan fingerprint density at radius 3 is 2.38 bits per heavy atom. The van der Waals surface area contributed by atoms with Gasteiger partial charge in [-0.15, -0.1) is 0 Å². The number of nitrogens with one attached hydrogen (secondary N) is 2. The SMILES string of the molecule is COc1ccc(C(=O)NNC(=O)/C=C/c2ccccc2)c(OC)c1. The van der Waals surface area contributed by atoms with E-state index in [-0.39, 0.29) is 5.56 Å². The second kappa shape index (κ2) is 8.38. The first-order valence-corrected chi connectivity index (χ1v) is 7.19. The molecule has 2 amide bonds. The van der Waals surface area contributed by atoms with Gasteiger partial charge in [-0.1, -0.05) is 30.3 Å². The van der Waals surface area contributed by atoms with E-state index in [1.165, 1.54) is 20.3 Å². The number of hydrogen-bond donors (Lipinski definition) is 2. The van der Waals surface area contributed by atoms with Crippen molar-refractivity contribution in [1.82, 2.24) is 10.9 Å². The first-order valence-electron chi connectivity index (χ1n) is 7.19. The molecule has 2 N–H and O–H groups in total. The van der Waals surface area contributed by atoms with Gasteiger partial charge in [0.2, 0.25) is 0 Å². The van der Waals surface area contributed by atoms with Crippen LogP contribution in [0.25, 0.3) is 6.08 Å². The van der Waals surface area contributed by atoms with Crippen molar-refractivity contribution < 1.29 is 19.1 Å². The number of benzene rings is 2. The monoisotopic (exact) mass is 326 g/mol. The fraction of sp³-hybridized carbons (Fsp3) is 0.111. The fourth-order valence-electron chi connectivity index (χ4n) is 1.95. The van der Waals surface area contributed by atoms with E-state index >= 15 is 0 Å². The summed E-state index contributed by atoms with van der Waals surface area (Å²) < 4.78 is 10.2. The number of hydrogen-bond acceptors (Lipinski definition) is 4. The molecule has 0 aliphatic rings. The summed E-state index contributed by atoms with van der Waals surface area (Å²) in [5, 5.41) is 0. The van der Waals surface area contributed by atoms with Crippen LogP contribution in [-0.4, -0.2) is 26.0 Å². The van der Waals surface area contributed by atoms with Gasteiger partial charge < -0.3 is 9.47 Å². The molecule has 0 saturated heterocycles. The second-order valence-electron chi connectivity index (χ2n) is 4.75. The highest BCUT2D eigenvalue weighted by molar-refractivity contribution is 5.99. The van der Waals surface area contributed by atoms with E-state index in [4.69, 9.17) is 9.47 Å². The number of ether oxygens (including phenoxy) is 2. The third-order valence-electron chi connectivity index (χ3n) is 3.18. The van der Waals surface area contributed by atoms with Crippen molar-refractivity contribution in [2.45, 2.75) is 0 Å². The number of carbonyl (C=O) groups excluding carboxylic acids is 2. The van der Waals surface area contributed by atoms with Crippen LogP contribution in [-0.2, 0) is 4.79 Å². The van der Waals surface area contributed by atoms with Crippen LogP contribution in [0.5, 0.6) is 11.5 Å². The molecule has 0 radical (unpaired) electrons. The quantitative estimate of drug-likeness (QED) is 0.652. The summed E-state index contributed by atoms with van der Waals surface area (Å²) in [5.74, 6) is -0.0187. The van der Waals surface area contributed by atoms with E-state index in [0.717, 1.165) is 5.56 Å². The summed E-state index contributed by atoms with van der Waals surface area (Å²) in [6.45, 7) is 0. The first kappa shape index (κ1) is 17.1. The lowest BCUT2D eigenvalue weighted by Gasteiger charge is -2.10. The molecule has 2 rings (SSSR count). The van der Waals surface area contributed by atoms with Crippen LogP contribution in [0, 0.1) is 0 Å². The van der Waals surface area contributed by atoms with Crippen LogP contribution < -0.4 is 20.3 Å². The second-order valence-corrected chi connectivity index (χ2v) is 4.75. The van der Waals surface area contributed by atoms with Crippen molar-refractivity contribution >= 4 is 17.9 Å². The third-order valence-corrected chi connectivity index (χ3v) is 3.18. The zero-order valence-corrected chi connectivity index (χ0v) is 13.4. The van der Waals surface area contributed by atoms with Crippen molar-refractivity contribution in [1.29, 1.82) is 0 Å². The van der Waals surface area contributed by atoms with Gasteiger partial charge in [-0.3, -0.25) is 20.4 Å². The standard InChI is InChI=1S/C18H18N2O4/c1-23-14-9-10-15(16(12-14)24-2)18(22)20-19-17(21)11-8-13-6-4-3-5-7-13/h3-12H,1-2H3,(H,19,21)(H,20,22)/b11-8+. The molecular formula is C18H18N2O4. The Morgan fingerprint density at radius 2 is 1.71 bits per heavy atom. The maximum atomic E-state index is 12.1. The summed E-state index contributed by atoms with van der Waals surface area (Å²) in [4.78, 5) is 23.9. The van der Waals surface area contributed by atoms with Crippen molar-refractivity contribution in [3.63, 3.8) is 0 Å². The minimum absolute atomic E-state index is 0.283. The van der Waals surface area contributed by atoms with Gasteiger partial charge in [0.25, 0.3) is 11.8 Å². The van der Waals surface area contributed by atoms with E-state index in [1.54, 1.807) is 24.3 Å². The number of hydrazine groups is 1. The molecule has 6 heteroatoms. The first-order chi connectivity index (χ1) is 11.6. The Bertz CT molecular complexity index is 742. The molecule has 0 fully saturated rings. The molecule has 0 spiro atoms. The van der Waals surface area contributed by atoms with Gasteiger partial charge in [0.15, 0.2) is 0 Å². The van der Waals surface area contributed by atoms with E-state index in [0.29, 0.717) is 11.5 Å². The topological polar surface area (TPSA) is 76.7 Å². The van der Waals surface area contributed by atoms with Crippen molar-refractivity contribution in [2.24, 2.45) is 0 Å². The summed E-state index contributed by atoms with van der Waals surface area (Å²) in [6, 6.07) is 14.1. The van der Waals surface area contributed by atoms with Gasteiger partial charge in [0.05, 0.1) is 19.8 Å². The normalized spacial score (nSPS) is 10.2. The molecule has 0 unspecified atom stereocenters. The molecule has 2 aromatic carbocycles. The van der Waals surface area contributed by atoms with Crippen LogP contribution in [0.1, 0.15) is 15.9 Å². The van der Waals surface area contributed by atoms with Crippen molar-refractivity contribution in [3.05, 3.63) is 65.7 Å². The maximum Gasteiger partial charge on any atom is 0.273 e. The maximum absolute atomic E-state index is 12.1. The summed E-state index contributed by atoms with van der Waals surface area (Å²) >= 11 is 0. The summed E-state index contributed by atoms with van der Waals surface area (Å²) in [7, 11) is 2.97. The third kappa shape index (κ3) is 4.61. The highest BCUT2D eigenvalue weighted by Crippen LogP contribution is 2.24. The van der Waals surface area contributed by atoms with E-state index in [2.05, 4.69) is 10.9 Å². The molecule has 6 nitrogen and oxygen atoms in total. The Morgan fingerprint density at radius 1 is 0.958 bits per heavy atom. The lowest BCUT2D eigenvalue weighted by atomic mass is 10.2. The lowest BCUT2D eigenvalue weighted by Crippen LogP contribution is -2.40. The lowest BCUT2D eigenvalue weighted by molar-refractivity contribution is -0.117. The average molecular weight is 326 g/mol. The molecular weight excluding hydrogens is 308 g/mol. The van der Waals surface area contributed by atoms with Gasteiger partial charge in [-0.2, -0.15) is 0 Å². The molecule has 0 saturated carbocycles. The minimum atomic E-state index is -0.490. The molecule has 24 heavy (non-hydrogen) atoms. The fourth-order valence-corrected chi connectivity index (χ4v) is 1.95. The zero-order chi connectivity index (χ0) is 17.4. The van der Waals surface area contributed by atoms with Crippen LogP contribution in [0.15, 0.2) is 54.6 Å². The molecule has 0 aromatic heterocycles. The highest BCUT2D eigenvalue weighted by atomic mass is 16.5. The Labute approximate surface area is 140 Å². The molecule has 124 valence electrons. The Balaban J connectivity index is 1.95. The zero-order valence-electron chi connectivity index (χ0n) is 13.4. The van der Waals surface area contributed by atoms with E-state index in [9.17, 15) is 9.59 Å². The predicted molar refractivity (Wildman–Crippen MR) is 90.6 cm³/mol. The molecule has 0 bridgehead atoms. The highest BCUT2D eigenvalue weighted by Gasteiger charge is 2.13.